The number of carbonyl (C=O) groups excluding carboxylic acids is 1. The Hall–Kier alpha value is -1.46. The van der Waals surface area contributed by atoms with Crippen LogP contribution in [-0.2, 0) is 0 Å². The van der Waals surface area contributed by atoms with E-state index in [-0.39, 0.29) is 18.3 Å². The number of benzene rings is 1. The van der Waals surface area contributed by atoms with Crippen molar-refractivity contribution in [1.29, 1.82) is 0 Å². The van der Waals surface area contributed by atoms with Crippen LogP contribution in [0.25, 0.3) is 0 Å². The largest absolute Gasteiger partial charge is 0.493 e. The number of hydrogen-bond acceptors (Lipinski definition) is 4. The van der Waals surface area contributed by atoms with Gasteiger partial charge in [0.2, 0.25) is 0 Å². The molecule has 0 bridgehead atoms. The number of amides is 1. The predicted molar refractivity (Wildman–Crippen MR) is 84.5 cm³/mol. The van der Waals surface area contributed by atoms with Crippen molar-refractivity contribution in [2.45, 2.75) is 12.8 Å². The summed E-state index contributed by atoms with van der Waals surface area (Å²) >= 11 is 0. The fraction of sp³-hybridized carbons (Fsp3) is 0.533. The van der Waals surface area contributed by atoms with E-state index in [9.17, 15) is 4.79 Å². The summed E-state index contributed by atoms with van der Waals surface area (Å²) in [5.41, 5.74) is 6.27. The number of para-hydroxylation sites is 1. The van der Waals surface area contributed by atoms with Crippen molar-refractivity contribution >= 4 is 18.3 Å². The molecule has 6 heteroatoms. The molecule has 1 aromatic carbocycles. The number of nitrogens with zero attached hydrogens (tertiary/aromatic N) is 1. The van der Waals surface area contributed by atoms with Gasteiger partial charge in [-0.25, -0.2) is 0 Å². The van der Waals surface area contributed by atoms with Gasteiger partial charge in [0.05, 0.1) is 19.8 Å². The van der Waals surface area contributed by atoms with Crippen molar-refractivity contribution in [3.8, 4) is 11.5 Å². The first-order valence-electron chi connectivity index (χ1n) is 6.91. The first kappa shape index (κ1) is 17.6. The lowest BCUT2D eigenvalue weighted by Crippen LogP contribution is -2.42. The molecule has 0 spiro atoms. The van der Waals surface area contributed by atoms with E-state index in [4.69, 9.17) is 15.2 Å². The van der Waals surface area contributed by atoms with E-state index in [0.29, 0.717) is 29.5 Å². The number of likely N-dealkylation sites (tertiary alicyclic amines) is 1. The molecule has 1 fully saturated rings. The fourth-order valence-electron chi connectivity index (χ4n) is 2.67. The Labute approximate surface area is 131 Å². The highest BCUT2D eigenvalue weighted by Gasteiger charge is 2.26. The van der Waals surface area contributed by atoms with Gasteiger partial charge in [-0.1, -0.05) is 6.07 Å². The van der Waals surface area contributed by atoms with Crippen molar-refractivity contribution in [2.24, 2.45) is 11.7 Å². The quantitative estimate of drug-likeness (QED) is 0.922. The van der Waals surface area contributed by atoms with Crippen LogP contribution in [0.3, 0.4) is 0 Å². The zero-order valence-electron chi connectivity index (χ0n) is 12.5. The first-order valence-corrected chi connectivity index (χ1v) is 6.91. The number of carbonyl (C=O) groups is 1. The predicted octanol–water partition coefficient (Wildman–Crippen LogP) is 1.94. The summed E-state index contributed by atoms with van der Waals surface area (Å²) in [6, 6.07) is 5.36. The third-order valence-electron chi connectivity index (χ3n) is 3.77. The highest BCUT2D eigenvalue weighted by atomic mass is 35.5. The van der Waals surface area contributed by atoms with Crippen LogP contribution in [0.1, 0.15) is 23.2 Å². The van der Waals surface area contributed by atoms with Crippen molar-refractivity contribution < 1.29 is 14.3 Å². The van der Waals surface area contributed by atoms with E-state index in [2.05, 4.69) is 0 Å². The average Bonchev–Trinajstić information content (AvgIpc) is 2.53. The van der Waals surface area contributed by atoms with Crippen LogP contribution >= 0.6 is 12.4 Å². The molecular weight excluding hydrogens is 292 g/mol. The van der Waals surface area contributed by atoms with E-state index < -0.39 is 0 Å². The van der Waals surface area contributed by atoms with E-state index in [1.807, 2.05) is 4.90 Å². The molecular formula is C15H23ClN2O3. The summed E-state index contributed by atoms with van der Waals surface area (Å²) in [6.45, 7) is 2.12. The maximum Gasteiger partial charge on any atom is 0.257 e. The van der Waals surface area contributed by atoms with Crippen LogP contribution in [0.2, 0.25) is 0 Å². The van der Waals surface area contributed by atoms with Crippen molar-refractivity contribution in [3.63, 3.8) is 0 Å². The van der Waals surface area contributed by atoms with E-state index in [1.165, 1.54) is 0 Å². The Morgan fingerprint density at radius 1 is 1.38 bits per heavy atom. The Bertz CT molecular complexity index is 482. The smallest absolute Gasteiger partial charge is 0.257 e. The van der Waals surface area contributed by atoms with Crippen LogP contribution in [0.4, 0.5) is 0 Å². The second kappa shape index (κ2) is 8.10. The SMILES string of the molecule is COc1cccc(C(=O)N2CCCC(CN)C2)c1OC.Cl. The Morgan fingerprint density at radius 2 is 2.14 bits per heavy atom. The van der Waals surface area contributed by atoms with Gasteiger partial charge in [0, 0.05) is 13.1 Å². The van der Waals surface area contributed by atoms with Gasteiger partial charge in [-0.3, -0.25) is 4.79 Å². The number of methoxy groups -OCH3 is 2. The van der Waals surface area contributed by atoms with Gasteiger partial charge >= 0.3 is 0 Å². The highest BCUT2D eigenvalue weighted by molar-refractivity contribution is 5.97. The van der Waals surface area contributed by atoms with E-state index >= 15 is 0 Å². The average molecular weight is 315 g/mol. The third kappa shape index (κ3) is 3.80. The Kier molecular flexibility index (Phi) is 6.78. The molecule has 5 nitrogen and oxygen atoms in total. The molecule has 1 heterocycles. The minimum absolute atomic E-state index is 0. The maximum absolute atomic E-state index is 12.7. The number of hydrogen-bond donors (Lipinski definition) is 1. The van der Waals surface area contributed by atoms with Gasteiger partial charge in [0.25, 0.3) is 5.91 Å². The summed E-state index contributed by atoms with van der Waals surface area (Å²) in [5.74, 6) is 1.45. The number of halogens is 1. The zero-order chi connectivity index (χ0) is 14.5. The second-order valence-corrected chi connectivity index (χ2v) is 5.04. The van der Waals surface area contributed by atoms with Crippen LogP contribution in [-0.4, -0.2) is 44.7 Å². The standard InChI is InChI=1S/C15H22N2O3.ClH/c1-19-13-7-3-6-12(14(13)20-2)15(18)17-8-4-5-11(9-16)10-17;/h3,6-7,11H,4-5,8-10,16H2,1-2H3;1H. The van der Waals surface area contributed by atoms with Gasteiger partial charge in [-0.2, -0.15) is 0 Å². The maximum atomic E-state index is 12.7. The summed E-state index contributed by atoms with van der Waals surface area (Å²) in [7, 11) is 3.12. The normalized spacial score (nSPS) is 17.9. The molecule has 1 amide bonds. The molecule has 1 unspecified atom stereocenters. The van der Waals surface area contributed by atoms with E-state index in [0.717, 1.165) is 25.9 Å². The van der Waals surface area contributed by atoms with Gasteiger partial charge in [-0.05, 0) is 37.4 Å². The first-order chi connectivity index (χ1) is 9.71. The van der Waals surface area contributed by atoms with Crippen LogP contribution < -0.4 is 15.2 Å². The summed E-state index contributed by atoms with van der Waals surface area (Å²) in [5, 5.41) is 0. The molecule has 0 radical (unpaired) electrons. The van der Waals surface area contributed by atoms with Crippen molar-refractivity contribution in [1.82, 2.24) is 4.90 Å². The number of ether oxygens (including phenoxy) is 2. The molecule has 0 aromatic heterocycles. The molecule has 1 aliphatic rings. The van der Waals surface area contributed by atoms with Gasteiger partial charge in [0.15, 0.2) is 11.5 Å². The van der Waals surface area contributed by atoms with Crippen LogP contribution in [0.15, 0.2) is 18.2 Å². The molecule has 2 N–H and O–H groups in total. The van der Waals surface area contributed by atoms with Crippen LogP contribution in [0, 0.1) is 5.92 Å². The zero-order valence-corrected chi connectivity index (χ0v) is 13.3. The minimum atomic E-state index is -0.0149. The number of piperidine rings is 1. The Balaban J connectivity index is 0.00000220. The van der Waals surface area contributed by atoms with Gasteiger partial charge in [0.1, 0.15) is 0 Å². The topological polar surface area (TPSA) is 64.8 Å². The highest BCUT2D eigenvalue weighted by Crippen LogP contribution is 2.32. The third-order valence-corrected chi connectivity index (χ3v) is 3.77. The molecule has 1 saturated heterocycles. The van der Waals surface area contributed by atoms with Gasteiger partial charge < -0.3 is 20.1 Å². The van der Waals surface area contributed by atoms with Crippen LogP contribution in [0.5, 0.6) is 11.5 Å². The second-order valence-electron chi connectivity index (χ2n) is 5.04. The summed E-state index contributed by atoms with van der Waals surface area (Å²) < 4.78 is 10.6. The minimum Gasteiger partial charge on any atom is -0.493 e. The molecule has 0 aliphatic carbocycles. The molecule has 21 heavy (non-hydrogen) atoms. The lowest BCUT2D eigenvalue weighted by molar-refractivity contribution is 0.0674. The fourth-order valence-corrected chi connectivity index (χ4v) is 2.67. The molecule has 118 valence electrons. The van der Waals surface area contributed by atoms with Crippen molar-refractivity contribution in [3.05, 3.63) is 23.8 Å². The van der Waals surface area contributed by atoms with Crippen molar-refractivity contribution in [2.75, 3.05) is 33.9 Å². The number of rotatable bonds is 4. The molecule has 2 rings (SSSR count). The molecule has 1 aromatic rings. The van der Waals surface area contributed by atoms with Gasteiger partial charge in [-0.15, -0.1) is 12.4 Å². The Morgan fingerprint density at radius 3 is 2.76 bits per heavy atom. The number of nitrogens with two attached hydrogens (primary N) is 1. The summed E-state index contributed by atoms with van der Waals surface area (Å²) in [6.07, 6.45) is 2.09. The monoisotopic (exact) mass is 314 g/mol. The molecule has 1 atom stereocenters. The molecule has 1 aliphatic heterocycles. The van der Waals surface area contributed by atoms with E-state index in [1.54, 1.807) is 32.4 Å². The summed E-state index contributed by atoms with van der Waals surface area (Å²) in [4.78, 5) is 14.5. The lowest BCUT2D eigenvalue weighted by Gasteiger charge is -2.32. The lowest BCUT2D eigenvalue weighted by atomic mass is 9.97. The molecule has 0 saturated carbocycles.